The van der Waals surface area contributed by atoms with E-state index < -0.39 is 10.0 Å². The normalized spacial score (nSPS) is 17.5. The molecule has 0 atom stereocenters. The molecule has 9 heteroatoms. The van der Waals surface area contributed by atoms with Crippen LogP contribution in [0.2, 0.25) is 0 Å². The maximum Gasteiger partial charge on any atom is 0.261 e. The SMILES string of the molecule is CCOc1ncccc1C(=O)Nc1cc(S(=O)(=O)N2CCCCC2)ccc1N1CCCCC1. The van der Waals surface area contributed by atoms with E-state index in [4.69, 9.17) is 4.74 Å². The van der Waals surface area contributed by atoms with Gasteiger partial charge < -0.3 is 15.0 Å². The van der Waals surface area contributed by atoms with Crippen LogP contribution in [-0.2, 0) is 10.0 Å². The molecular weight excluding hydrogens is 440 g/mol. The molecule has 0 unspecified atom stereocenters. The fraction of sp³-hybridized carbons (Fsp3) is 0.500. The van der Waals surface area contributed by atoms with Crippen LogP contribution >= 0.6 is 0 Å². The van der Waals surface area contributed by atoms with Crippen LogP contribution in [0, 0.1) is 0 Å². The molecule has 3 heterocycles. The van der Waals surface area contributed by atoms with Crippen molar-refractivity contribution in [3.05, 3.63) is 42.1 Å². The molecule has 1 amide bonds. The van der Waals surface area contributed by atoms with E-state index in [0.29, 0.717) is 30.9 Å². The van der Waals surface area contributed by atoms with E-state index in [2.05, 4.69) is 15.2 Å². The molecule has 1 N–H and O–H groups in total. The number of ether oxygens (including phenoxy) is 1. The Morgan fingerprint density at radius 1 is 1.03 bits per heavy atom. The summed E-state index contributed by atoms with van der Waals surface area (Å²) in [6.45, 7) is 5.03. The number of carbonyl (C=O) groups excluding carboxylic acids is 1. The molecule has 2 aliphatic rings. The summed E-state index contributed by atoms with van der Waals surface area (Å²) in [7, 11) is -3.62. The zero-order valence-corrected chi connectivity index (χ0v) is 19.9. The highest BCUT2D eigenvalue weighted by atomic mass is 32.2. The third kappa shape index (κ3) is 5.30. The predicted molar refractivity (Wildman–Crippen MR) is 128 cm³/mol. The van der Waals surface area contributed by atoms with Crippen molar-refractivity contribution in [2.24, 2.45) is 0 Å². The van der Waals surface area contributed by atoms with Crippen molar-refractivity contribution in [1.82, 2.24) is 9.29 Å². The minimum Gasteiger partial charge on any atom is -0.477 e. The molecule has 0 aliphatic carbocycles. The summed E-state index contributed by atoms with van der Waals surface area (Å²) in [6, 6.07) is 8.43. The van der Waals surface area contributed by atoms with E-state index in [1.54, 1.807) is 34.8 Å². The van der Waals surface area contributed by atoms with E-state index in [1.165, 1.54) is 6.42 Å². The van der Waals surface area contributed by atoms with Crippen LogP contribution < -0.4 is 15.0 Å². The summed E-state index contributed by atoms with van der Waals surface area (Å²) < 4.78 is 33.6. The molecule has 4 rings (SSSR count). The summed E-state index contributed by atoms with van der Waals surface area (Å²) in [4.78, 5) is 19.8. The number of amides is 1. The highest BCUT2D eigenvalue weighted by Crippen LogP contribution is 2.33. The molecule has 2 aromatic rings. The Morgan fingerprint density at radius 2 is 1.73 bits per heavy atom. The monoisotopic (exact) mass is 472 g/mol. The first-order valence-corrected chi connectivity index (χ1v) is 13.2. The van der Waals surface area contributed by atoms with Gasteiger partial charge in [-0.2, -0.15) is 4.31 Å². The molecule has 2 fully saturated rings. The van der Waals surface area contributed by atoms with Gasteiger partial charge in [0.25, 0.3) is 5.91 Å². The third-order valence-electron chi connectivity index (χ3n) is 6.16. The van der Waals surface area contributed by atoms with Gasteiger partial charge in [-0.15, -0.1) is 0 Å². The van der Waals surface area contributed by atoms with Gasteiger partial charge in [-0.25, -0.2) is 13.4 Å². The number of nitrogens with one attached hydrogen (secondary N) is 1. The van der Waals surface area contributed by atoms with Crippen LogP contribution in [-0.4, -0.2) is 56.4 Å². The van der Waals surface area contributed by atoms with E-state index in [1.807, 2.05) is 13.0 Å². The first kappa shape index (κ1) is 23.5. The molecule has 2 aliphatic heterocycles. The second-order valence-electron chi connectivity index (χ2n) is 8.43. The number of aromatic nitrogens is 1. The Balaban J connectivity index is 1.69. The number of nitrogens with zero attached hydrogens (tertiary/aromatic N) is 3. The summed E-state index contributed by atoms with van der Waals surface area (Å²) in [6.07, 6.45) is 7.68. The van der Waals surface area contributed by atoms with Crippen LogP contribution in [0.3, 0.4) is 0 Å². The van der Waals surface area contributed by atoms with Crippen molar-refractivity contribution in [1.29, 1.82) is 0 Å². The van der Waals surface area contributed by atoms with E-state index in [-0.39, 0.29) is 16.7 Å². The molecule has 1 aromatic carbocycles. The molecule has 33 heavy (non-hydrogen) atoms. The van der Waals surface area contributed by atoms with E-state index in [9.17, 15) is 13.2 Å². The number of anilines is 2. The van der Waals surface area contributed by atoms with Crippen molar-refractivity contribution in [2.45, 2.75) is 50.3 Å². The summed E-state index contributed by atoms with van der Waals surface area (Å²) in [5.41, 5.74) is 1.64. The lowest BCUT2D eigenvalue weighted by Crippen LogP contribution is -2.36. The Hall–Kier alpha value is -2.65. The zero-order valence-electron chi connectivity index (χ0n) is 19.1. The molecule has 0 saturated carbocycles. The van der Waals surface area contributed by atoms with Crippen molar-refractivity contribution in [2.75, 3.05) is 43.0 Å². The molecule has 8 nitrogen and oxygen atoms in total. The number of pyridine rings is 1. The van der Waals surface area contributed by atoms with Crippen molar-refractivity contribution >= 4 is 27.3 Å². The van der Waals surface area contributed by atoms with Gasteiger partial charge in [-0.05, 0) is 69.4 Å². The summed E-state index contributed by atoms with van der Waals surface area (Å²) in [5, 5.41) is 2.95. The molecule has 178 valence electrons. The molecule has 2 saturated heterocycles. The van der Waals surface area contributed by atoms with Crippen molar-refractivity contribution in [3.8, 4) is 5.88 Å². The lowest BCUT2D eigenvalue weighted by molar-refractivity contribution is 0.102. The highest BCUT2D eigenvalue weighted by Gasteiger charge is 2.28. The summed E-state index contributed by atoms with van der Waals surface area (Å²) >= 11 is 0. The van der Waals surface area contributed by atoms with Crippen LogP contribution in [0.5, 0.6) is 5.88 Å². The maximum absolute atomic E-state index is 13.3. The minimum atomic E-state index is -3.62. The Labute approximate surface area is 196 Å². The first-order chi connectivity index (χ1) is 16.0. The quantitative estimate of drug-likeness (QED) is 0.657. The fourth-order valence-electron chi connectivity index (χ4n) is 4.45. The Morgan fingerprint density at radius 3 is 2.42 bits per heavy atom. The third-order valence-corrected chi connectivity index (χ3v) is 8.06. The van der Waals surface area contributed by atoms with Crippen LogP contribution in [0.4, 0.5) is 11.4 Å². The zero-order chi connectivity index (χ0) is 23.3. The van der Waals surface area contributed by atoms with E-state index in [0.717, 1.165) is 50.9 Å². The van der Waals surface area contributed by atoms with Crippen molar-refractivity contribution < 1.29 is 17.9 Å². The van der Waals surface area contributed by atoms with Gasteiger partial charge in [-0.3, -0.25) is 4.79 Å². The maximum atomic E-state index is 13.3. The molecule has 0 bridgehead atoms. The number of carbonyl (C=O) groups is 1. The van der Waals surface area contributed by atoms with Crippen molar-refractivity contribution in [3.63, 3.8) is 0 Å². The Kier molecular flexibility index (Phi) is 7.49. The summed E-state index contributed by atoms with van der Waals surface area (Å²) in [5.74, 6) is -0.119. The second kappa shape index (κ2) is 10.5. The largest absolute Gasteiger partial charge is 0.477 e. The highest BCUT2D eigenvalue weighted by molar-refractivity contribution is 7.89. The molecule has 0 spiro atoms. The van der Waals surface area contributed by atoms with E-state index >= 15 is 0 Å². The minimum absolute atomic E-state index is 0.205. The van der Waals surface area contributed by atoms with Crippen LogP contribution in [0.15, 0.2) is 41.4 Å². The number of piperidine rings is 2. The van der Waals surface area contributed by atoms with Crippen LogP contribution in [0.25, 0.3) is 0 Å². The lowest BCUT2D eigenvalue weighted by atomic mass is 10.1. The van der Waals surface area contributed by atoms with Gasteiger partial charge in [0.2, 0.25) is 15.9 Å². The van der Waals surface area contributed by atoms with Crippen LogP contribution in [0.1, 0.15) is 55.8 Å². The fourth-order valence-corrected chi connectivity index (χ4v) is 5.99. The average molecular weight is 473 g/mol. The van der Waals surface area contributed by atoms with Gasteiger partial charge in [-0.1, -0.05) is 6.42 Å². The number of rotatable bonds is 7. The molecule has 0 radical (unpaired) electrons. The smallest absolute Gasteiger partial charge is 0.261 e. The first-order valence-electron chi connectivity index (χ1n) is 11.8. The van der Waals surface area contributed by atoms with Gasteiger partial charge in [0.1, 0.15) is 5.56 Å². The standard InChI is InChI=1S/C24H32N4O4S/c1-2-32-24-20(10-9-13-25-24)23(29)26-21-18-19(33(30,31)28-16-7-4-8-17-28)11-12-22(21)27-14-5-3-6-15-27/h9-13,18H,2-8,14-17H2,1H3,(H,26,29). The lowest BCUT2D eigenvalue weighted by Gasteiger charge is -2.31. The molecule has 1 aromatic heterocycles. The second-order valence-corrected chi connectivity index (χ2v) is 10.4. The van der Waals surface area contributed by atoms with Gasteiger partial charge in [0, 0.05) is 32.4 Å². The van der Waals surface area contributed by atoms with Gasteiger partial charge >= 0.3 is 0 Å². The topological polar surface area (TPSA) is 91.8 Å². The number of benzene rings is 1. The van der Waals surface area contributed by atoms with Gasteiger partial charge in [0.05, 0.1) is 22.9 Å². The average Bonchev–Trinajstić information content (AvgIpc) is 2.85. The number of sulfonamides is 1. The number of hydrogen-bond acceptors (Lipinski definition) is 6. The molecular formula is C24H32N4O4S. The number of hydrogen-bond donors (Lipinski definition) is 1. The predicted octanol–water partition coefficient (Wildman–Crippen LogP) is 3.90. The Bertz CT molecular complexity index is 1080. The van der Waals surface area contributed by atoms with Gasteiger partial charge in [0.15, 0.2) is 0 Å².